The first kappa shape index (κ1) is 14.2. The monoisotopic (exact) mass is 312 g/mol. The summed E-state index contributed by atoms with van der Waals surface area (Å²) in [5, 5.41) is 6.66. The van der Waals surface area contributed by atoms with E-state index in [0.717, 1.165) is 43.5 Å². The number of fused-ring (bicyclic) bond motifs is 1. The van der Waals surface area contributed by atoms with E-state index in [1.807, 2.05) is 6.92 Å². The van der Waals surface area contributed by atoms with E-state index in [-0.39, 0.29) is 5.56 Å². The third-order valence-electron chi connectivity index (χ3n) is 5.08. The predicted octanol–water partition coefficient (Wildman–Crippen LogP) is 0.749. The zero-order valence-corrected chi connectivity index (χ0v) is 13.4. The summed E-state index contributed by atoms with van der Waals surface area (Å²) in [6.45, 7) is 8.10. The maximum absolute atomic E-state index is 11.1. The molecule has 0 spiro atoms. The van der Waals surface area contributed by atoms with Crippen molar-refractivity contribution in [3.63, 3.8) is 0 Å². The second-order valence-electron chi connectivity index (χ2n) is 6.52. The molecule has 2 fully saturated rings. The van der Waals surface area contributed by atoms with Gasteiger partial charge in [-0.3, -0.25) is 4.79 Å². The molecule has 2 aromatic heterocycles. The molecule has 7 nitrogen and oxygen atoms in total. The molecule has 1 N–H and O–H groups in total. The molecule has 0 aliphatic carbocycles. The molecule has 0 bridgehead atoms. The van der Waals surface area contributed by atoms with Gasteiger partial charge in [0.25, 0.3) is 5.56 Å². The van der Waals surface area contributed by atoms with Crippen LogP contribution in [0.4, 0.5) is 11.6 Å². The van der Waals surface area contributed by atoms with Crippen LogP contribution in [0.1, 0.15) is 11.3 Å². The first-order valence-corrected chi connectivity index (χ1v) is 7.95. The number of anilines is 2. The molecule has 23 heavy (non-hydrogen) atoms. The Morgan fingerprint density at radius 3 is 2.39 bits per heavy atom. The maximum atomic E-state index is 11.1. The van der Waals surface area contributed by atoms with Crippen molar-refractivity contribution in [2.24, 2.45) is 11.8 Å². The summed E-state index contributed by atoms with van der Waals surface area (Å²) in [6.07, 6.45) is 1.66. The van der Waals surface area contributed by atoms with Crippen LogP contribution < -0.4 is 15.4 Å². The Morgan fingerprint density at radius 1 is 1.04 bits per heavy atom. The van der Waals surface area contributed by atoms with Crippen LogP contribution in [0, 0.1) is 25.7 Å². The number of hydrogen-bond acceptors (Lipinski definition) is 6. The minimum absolute atomic E-state index is 0.158. The fraction of sp³-hybridized carbons (Fsp3) is 0.500. The van der Waals surface area contributed by atoms with Gasteiger partial charge in [0, 0.05) is 55.3 Å². The average molecular weight is 312 g/mol. The van der Waals surface area contributed by atoms with Crippen LogP contribution in [-0.4, -0.2) is 46.3 Å². The SMILES string of the molecule is Cc1ncnc(N2CC3CN(c4ccc(=O)[nH]n4)CC3C2)c1C. The lowest BCUT2D eigenvalue weighted by Crippen LogP contribution is -2.30. The van der Waals surface area contributed by atoms with E-state index in [4.69, 9.17) is 0 Å². The van der Waals surface area contributed by atoms with Crippen molar-refractivity contribution in [1.29, 1.82) is 0 Å². The summed E-state index contributed by atoms with van der Waals surface area (Å²) < 4.78 is 0. The van der Waals surface area contributed by atoms with Crippen molar-refractivity contribution in [2.45, 2.75) is 13.8 Å². The van der Waals surface area contributed by atoms with Gasteiger partial charge in [0.05, 0.1) is 0 Å². The number of nitrogens with one attached hydrogen (secondary N) is 1. The molecule has 2 aliphatic rings. The van der Waals surface area contributed by atoms with E-state index in [1.165, 1.54) is 11.6 Å². The van der Waals surface area contributed by atoms with Crippen molar-refractivity contribution in [1.82, 2.24) is 20.2 Å². The third kappa shape index (κ3) is 2.46. The minimum atomic E-state index is -0.158. The predicted molar refractivity (Wildman–Crippen MR) is 87.8 cm³/mol. The van der Waals surface area contributed by atoms with Crippen LogP contribution >= 0.6 is 0 Å². The number of aromatic amines is 1. The highest BCUT2D eigenvalue weighted by Gasteiger charge is 2.41. The zero-order valence-electron chi connectivity index (χ0n) is 13.4. The van der Waals surface area contributed by atoms with E-state index < -0.39 is 0 Å². The molecule has 0 radical (unpaired) electrons. The van der Waals surface area contributed by atoms with Crippen molar-refractivity contribution < 1.29 is 0 Å². The van der Waals surface area contributed by atoms with Crippen LogP contribution in [-0.2, 0) is 0 Å². The quantitative estimate of drug-likeness (QED) is 0.882. The molecule has 7 heteroatoms. The molecule has 4 rings (SSSR count). The summed E-state index contributed by atoms with van der Waals surface area (Å²) in [4.78, 5) is 24.5. The van der Waals surface area contributed by atoms with Crippen LogP contribution in [0.5, 0.6) is 0 Å². The molecule has 4 heterocycles. The molecule has 0 saturated carbocycles. The maximum Gasteiger partial charge on any atom is 0.264 e. The van der Waals surface area contributed by atoms with Gasteiger partial charge in [-0.1, -0.05) is 0 Å². The van der Waals surface area contributed by atoms with Crippen molar-refractivity contribution in [3.05, 3.63) is 40.1 Å². The van der Waals surface area contributed by atoms with Gasteiger partial charge in [-0.15, -0.1) is 0 Å². The third-order valence-corrected chi connectivity index (χ3v) is 5.08. The van der Waals surface area contributed by atoms with Gasteiger partial charge in [0.2, 0.25) is 0 Å². The van der Waals surface area contributed by atoms with Gasteiger partial charge in [-0.25, -0.2) is 15.1 Å². The van der Waals surface area contributed by atoms with E-state index in [2.05, 4.69) is 36.9 Å². The number of hydrogen-bond donors (Lipinski definition) is 1. The first-order chi connectivity index (χ1) is 11.1. The smallest absolute Gasteiger partial charge is 0.264 e. The number of aryl methyl sites for hydroxylation is 1. The molecular formula is C16H20N6O. The highest BCUT2D eigenvalue weighted by atomic mass is 16.1. The molecular weight excluding hydrogens is 292 g/mol. The van der Waals surface area contributed by atoms with Crippen molar-refractivity contribution in [3.8, 4) is 0 Å². The van der Waals surface area contributed by atoms with E-state index in [0.29, 0.717) is 11.8 Å². The Hall–Kier alpha value is -2.44. The van der Waals surface area contributed by atoms with Crippen molar-refractivity contribution >= 4 is 11.6 Å². The summed E-state index contributed by atoms with van der Waals surface area (Å²) >= 11 is 0. The molecule has 120 valence electrons. The second-order valence-corrected chi connectivity index (χ2v) is 6.52. The zero-order chi connectivity index (χ0) is 16.0. The van der Waals surface area contributed by atoms with Gasteiger partial charge >= 0.3 is 0 Å². The molecule has 2 atom stereocenters. The molecule has 2 saturated heterocycles. The standard InChI is InChI=1S/C16H20N6O/c1-10-11(2)17-9-18-16(10)22-7-12-5-21(6-13(12)8-22)14-3-4-15(23)20-19-14/h3-4,9,12-13H,5-8H2,1-2H3,(H,20,23). The summed E-state index contributed by atoms with van der Waals surface area (Å²) in [5.41, 5.74) is 2.06. The largest absolute Gasteiger partial charge is 0.356 e. The summed E-state index contributed by atoms with van der Waals surface area (Å²) in [5.74, 6) is 3.15. The van der Waals surface area contributed by atoms with Gasteiger partial charge in [-0.2, -0.15) is 5.10 Å². The lowest BCUT2D eigenvalue weighted by molar-refractivity contribution is 0.533. The Morgan fingerprint density at radius 2 is 1.74 bits per heavy atom. The van der Waals surface area contributed by atoms with Crippen LogP contribution in [0.3, 0.4) is 0 Å². The highest BCUT2D eigenvalue weighted by Crippen LogP contribution is 2.35. The van der Waals surface area contributed by atoms with Crippen molar-refractivity contribution in [2.75, 3.05) is 36.0 Å². The highest BCUT2D eigenvalue weighted by molar-refractivity contribution is 5.50. The minimum Gasteiger partial charge on any atom is -0.356 e. The Kier molecular flexibility index (Phi) is 3.28. The van der Waals surface area contributed by atoms with E-state index in [9.17, 15) is 4.79 Å². The number of nitrogens with zero attached hydrogens (tertiary/aromatic N) is 5. The van der Waals surface area contributed by atoms with Crippen LogP contribution in [0.25, 0.3) is 0 Å². The molecule has 2 aromatic rings. The van der Waals surface area contributed by atoms with Crippen LogP contribution in [0.15, 0.2) is 23.3 Å². The topological polar surface area (TPSA) is 78.0 Å². The first-order valence-electron chi connectivity index (χ1n) is 7.95. The fourth-order valence-electron chi connectivity index (χ4n) is 3.71. The second kappa shape index (κ2) is 5.33. The lowest BCUT2D eigenvalue weighted by Gasteiger charge is -2.24. The normalized spacial score (nSPS) is 23.4. The number of rotatable bonds is 2. The Labute approximate surface area is 134 Å². The van der Waals surface area contributed by atoms with E-state index >= 15 is 0 Å². The summed E-state index contributed by atoms with van der Waals surface area (Å²) in [6, 6.07) is 3.34. The summed E-state index contributed by atoms with van der Waals surface area (Å²) in [7, 11) is 0. The molecule has 2 aliphatic heterocycles. The average Bonchev–Trinajstić information content (AvgIpc) is 3.09. The van der Waals surface area contributed by atoms with Crippen LogP contribution in [0.2, 0.25) is 0 Å². The van der Waals surface area contributed by atoms with Gasteiger partial charge in [0.1, 0.15) is 18.0 Å². The molecule has 0 aromatic carbocycles. The van der Waals surface area contributed by atoms with E-state index in [1.54, 1.807) is 12.4 Å². The van der Waals surface area contributed by atoms with Gasteiger partial charge < -0.3 is 9.80 Å². The number of H-pyrrole nitrogens is 1. The Bertz CT molecular complexity index is 754. The fourth-order valence-corrected chi connectivity index (χ4v) is 3.71. The molecule has 2 unspecified atom stereocenters. The number of aromatic nitrogens is 4. The van der Waals surface area contributed by atoms with Gasteiger partial charge in [0.15, 0.2) is 0 Å². The van der Waals surface area contributed by atoms with Gasteiger partial charge in [-0.05, 0) is 19.9 Å². The Balaban J connectivity index is 1.49. The lowest BCUT2D eigenvalue weighted by atomic mass is 10.0. The molecule has 0 amide bonds.